The standard InChI is InChI=1S/C24H26FN9O2/c1-5-18-22(16-6-8-17(25)9-7-16)32-33-11-10-27-20(12-19(26)28-23(18)33)34-14(3)21(13(2)31-34)24(36)30-29-15(4)35/h6-12,32H,5,26H2,1-4H3,(H,29,35)(H,30,36). The molecule has 4 aromatic rings. The number of carbonyl (C=O) groups excluding carboxylic acids is 2. The first kappa shape index (κ1) is 24.4. The van der Waals surface area contributed by atoms with Gasteiger partial charge in [-0.1, -0.05) is 6.92 Å². The van der Waals surface area contributed by atoms with E-state index < -0.39 is 11.8 Å². The second kappa shape index (κ2) is 9.86. The first-order valence-electron chi connectivity index (χ1n) is 11.2. The number of hydrogen-bond acceptors (Lipinski definition) is 6. The third-order valence-corrected chi connectivity index (χ3v) is 5.54. The molecular formula is C24H26FN9O2. The van der Waals surface area contributed by atoms with Crippen LogP contribution in [0.1, 0.15) is 41.2 Å². The minimum atomic E-state index is -0.501. The number of hydrazine groups is 1. The van der Waals surface area contributed by atoms with Gasteiger partial charge in [-0.2, -0.15) is 5.10 Å². The van der Waals surface area contributed by atoms with Gasteiger partial charge in [0.1, 0.15) is 11.6 Å². The Labute approximate surface area is 205 Å². The fourth-order valence-electron chi connectivity index (χ4n) is 3.94. The van der Waals surface area contributed by atoms with Gasteiger partial charge in [0.15, 0.2) is 11.5 Å². The van der Waals surface area contributed by atoms with E-state index in [1.807, 2.05) is 6.92 Å². The van der Waals surface area contributed by atoms with E-state index in [-0.39, 0.29) is 11.6 Å². The van der Waals surface area contributed by atoms with Gasteiger partial charge in [-0.3, -0.25) is 25.5 Å². The lowest BCUT2D eigenvalue weighted by molar-refractivity contribution is -0.119. The van der Waals surface area contributed by atoms with Gasteiger partial charge in [-0.25, -0.2) is 23.6 Å². The number of nitrogens with zero attached hydrogens (tertiary/aromatic N) is 5. The number of H-pyrrole nitrogens is 1. The number of rotatable bonds is 4. The maximum absolute atomic E-state index is 13.4. The van der Waals surface area contributed by atoms with Crippen LogP contribution >= 0.6 is 0 Å². The van der Waals surface area contributed by atoms with Crippen LogP contribution in [-0.4, -0.2) is 41.2 Å². The Bertz CT molecular complexity index is 1510. The smallest absolute Gasteiger partial charge is 0.273 e. The van der Waals surface area contributed by atoms with Crippen molar-refractivity contribution in [2.45, 2.75) is 34.1 Å². The van der Waals surface area contributed by atoms with Crippen molar-refractivity contribution in [3.8, 4) is 17.1 Å². The molecule has 2 amide bonds. The Morgan fingerprint density at radius 2 is 1.89 bits per heavy atom. The number of hydrogen-bond donors (Lipinski definition) is 4. The van der Waals surface area contributed by atoms with Gasteiger partial charge in [0.2, 0.25) is 5.91 Å². The van der Waals surface area contributed by atoms with Gasteiger partial charge in [-0.05, 0) is 44.5 Å². The summed E-state index contributed by atoms with van der Waals surface area (Å²) in [6, 6.07) is 7.75. The number of halogens is 1. The molecule has 0 unspecified atom stereocenters. The topological polar surface area (TPSA) is 148 Å². The SMILES string of the molecule is CCc1c(-c2ccc(F)cc2)[nH]n2ccnc(-n3nc(C)c(C(=O)NNC(C)=O)c3C)cc(N)nc12. The van der Waals surface area contributed by atoms with Crippen LogP contribution in [0.5, 0.6) is 0 Å². The Morgan fingerprint density at radius 1 is 1.17 bits per heavy atom. The number of carbonyl (C=O) groups is 2. The molecule has 0 aliphatic carbocycles. The van der Waals surface area contributed by atoms with E-state index in [2.05, 4.69) is 31.0 Å². The molecule has 0 aliphatic heterocycles. The molecule has 0 fully saturated rings. The van der Waals surface area contributed by atoms with Gasteiger partial charge in [0.05, 0.1) is 22.6 Å². The number of nitrogen functional groups attached to an aromatic ring is 1. The van der Waals surface area contributed by atoms with Crippen LogP contribution in [0.15, 0.2) is 42.7 Å². The third-order valence-electron chi connectivity index (χ3n) is 5.54. The molecule has 3 aromatic heterocycles. The molecule has 0 spiro atoms. The Hall–Kier alpha value is -4.74. The number of aromatic amines is 1. The number of nitrogens with two attached hydrogens (primary N) is 1. The van der Waals surface area contributed by atoms with Crippen LogP contribution < -0.4 is 16.6 Å². The highest BCUT2D eigenvalue weighted by Crippen LogP contribution is 2.26. The molecule has 1 aromatic carbocycles. The van der Waals surface area contributed by atoms with E-state index >= 15 is 0 Å². The molecule has 0 atom stereocenters. The zero-order valence-corrected chi connectivity index (χ0v) is 20.3. The van der Waals surface area contributed by atoms with Gasteiger partial charge in [0, 0.05) is 36.5 Å². The summed E-state index contributed by atoms with van der Waals surface area (Å²) in [7, 11) is 0. The largest absolute Gasteiger partial charge is 0.384 e. The summed E-state index contributed by atoms with van der Waals surface area (Å²) >= 11 is 0. The highest BCUT2D eigenvalue weighted by atomic mass is 19.1. The van der Waals surface area contributed by atoms with Crippen LogP contribution in [0.25, 0.3) is 22.7 Å². The number of aryl methyl sites for hydroxylation is 2. The van der Waals surface area contributed by atoms with Crippen molar-refractivity contribution < 1.29 is 14.0 Å². The number of nitrogens with one attached hydrogen (secondary N) is 3. The maximum atomic E-state index is 13.4. The van der Waals surface area contributed by atoms with Crippen molar-refractivity contribution in [3.05, 3.63) is 71.1 Å². The highest BCUT2D eigenvalue weighted by molar-refractivity contribution is 5.97. The molecule has 11 nitrogen and oxygen atoms in total. The summed E-state index contributed by atoms with van der Waals surface area (Å²) in [5.41, 5.74) is 15.2. The quantitative estimate of drug-likeness (QED) is 0.323. The van der Waals surface area contributed by atoms with Gasteiger partial charge in [0.25, 0.3) is 5.91 Å². The molecule has 3 heterocycles. The lowest BCUT2D eigenvalue weighted by Gasteiger charge is -2.06. The van der Waals surface area contributed by atoms with E-state index in [9.17, 15) is 14.0 Å². The van der Waals surface area contributed by atoms with Crippen molar-refractivity contribution in [2.75, 3.05) is 5.73 Å². The Balaban J connectivity index is 1.82. The molecule has 0 aliphatic rings. The Kier molecular flexibility index (Phi) is 6.68. The minimum Gasteiger partial charge on any atom is -0.384 e. The number of benzene rings is 1. The van der Waals surface area contributed by atoms with Crippen LogP contribution in [-0.2, 0) is 11.2 Å². The molecule has 12 heteroatoms. The summed E-state index contributed by atoms with van der Waals surface area (Å²) < 4.78 is 16.6. The van der Waals surface area contributed by atoms with Gasteiger partial charge < -0.3 is 5.73 Å². The fraction of sp³-hybridized carbons (Fsp3) is 0.208. The van der Waals surface area contributed by atoms with Gasteiger partial charge in [-0.15, -0.1) is 0 Å². The van der Waals surface area contributed by atoms with E-state index in [4.69, 9.17) is 5.73 Å². The van der Waals surface area contributed by atoms with E-state index in [1.54, 1.807) is 49.0 Å². The maximum Gasteiger partial charge on any atom is 0.273 e. The molecule has 36 heavy (non-hydrogen) atoms. The highest BCUT2D eigenvalue weighted by Gasteiger charge is 2.20. The molecule has 0 saturated heterocycles. The van der Waals surface area contributed by atoms with Gasteiger partial charge >= 0.3 is 0 Å². The van der Waals surface area contributed by atoms with Crippen LogP contribution in [0.3, 0.4) is 0 Å². The molecule has 5 N–H and O–H groups in total. The van der Waals surface area contributed by atoms with Crippen LogP contribution in [0, 0.1) is 19.7 Å². The average Bonchev–Trinajstić information content (AvgIpc) is 3.34. The third kappa shape index (κ3) is 4.73. The first-order chi connectivity index (χ1) is 17.2. The zero-order chi connectivity index (χ0) is 26.0. The molecule has 0 saturated carbocycles. The number of fused-ring (bicyclic) bond motifs is 1. The van der Waals surface area contributed by atoms with Crippen molar-refractivity contribution in [1.82, 2.24) is 40.2 Å². The number of amides is 2. The van der Waals surface area contributed by atoms with Crippen LogP contribution in [0.2, 0.25) is 0 Å². The van der Waals surface area contributed by atoms with Crippen LogP contribution in [0.4, 0.5) is 10.2 Å². The van der Waals surface area contributed by atoms with Crippen molar-refractivity contribution in [1.29, 1.82) is 0 Å². The number of anilines is 1. The fourth-order valence-corrected chi connectivity index (χ4v) is 3.94. The van der Waals surface area contributed by atoms with Crippen molar-refractivity contribution in [2.24, 2.45) is 0 Å². The lowest BCUT2D eigenvalue weighted by atomic mass is 10.1. The second-order valence-corrected chi connectivity index (χ2v) is 8.08. The normalized spacial score (nSPS) is 10.8. The second-order valence-electron chi connectivity index (χ2n) is 8.08. The first-order valence-corrected chi connectivity index (χ1v) is 11.2. The monoisotopic (exact) mass is 491 g/mol. The summed E-state index contributed by atoms with van der Waals surface area (Å²) in [6.45, 7) is 6.68. The Morgan fingerprint density at radius 3 is 2.56 bits per heavy atom. The minimum absolute atomic E-state index is 0.169. The van der Waals surface area contributed by atoms with E-state index in [0.717, 1.165) is 16.8 Å². The predicted octanol–water partition coefficient (Wildman–Crippen LogP) is 2.72. The zero-order valence-electron chi connectivity index (χ0n) is 20.3. The van der Waals surface area contributed by atoms with Crippen molar-refractivity contribution >= 4 is 23.3 Å². The summed E-state index contributed by atoms with van der Waals surface area (Å²) in [4.78, 5) is 32.8. The molecule has 186 valence electrons. The molecule has 4 rings (SSSR count). The summed E-state index contributed by atoms with van der Waals surface area (Å²) in [6.07, 6.45) is 3.89. The predicted molar refractivity (Wildman–Crippen MR) is 132 cm³/mol. The molecule has 0 radical (unpaired) electrons. The summed E-state index contributed by atoms with van der Waals surface area (Å²) in [5.74, 6) is -0.705. The lowest BCUT2D eigenvalue weighted by Crippen LogP contribution is -2.40. The van der Waals surface area contributed by atoms with Crippen molar-refractivity contribution in [3.63, 3.8) is 0 Å². The molecule has 0 bridgehead atoms. The number of aromatic nitrogens is 6. The van der Waals surface area contributed by atoms with E-state index in [1.165, 1.54) is 23.7 Å². The van der Waals surface area contributed by atoms with E-state index in [0.29, 0.717) is 34.8 Å². The summed E-state index contributed by atoms with van der Waals surface area (Å²) in [5, 5.41) is 7.72. The molecular weight excluding hydrogens is 465 g/mol. The average molecular weight is 492 g/mol.